The Balaban J connectivity index is 1.38. The summed E-state index contributed by atoms with van der Waals surface area (Å²) in [5.41, 5.74) is 4.17. The Hall–Kier alpha value is -3.49. The summed E-state index contributed by atoms with van der Waals surface area (Å²) in [7, 11) is 1.41. The number of amides is 2. The molecule has 2 aliphatic carbocycles. The molecule has 7 nitrogen and oxygen atoms in total. The number of benzene rings is 2. The number of aliphatic carboxylic acids is 1. The maximum absolute atomic E-state index is 13.1. The molecule has 1 unspecified atom stereocenters. The number of carbonyl (C=O) groups is 3. The van der Waals surface area contributed by atoms with Crippen molar-refractivity contribution in [3.05, 3.63) is 59.7 Å². The van der Waals surface area contributed by atoms with Gasteiger partial charge in [0.15, 0.2) is 0 Å². The summed E-state index contributed by atoms with van der Waals surface area (Å²) in [5.74, 6) is -5.19. The van der Waals surface area contributed by atoms with Gasteiger partial charge in [0.2, 0.25) is 11.8 Å². The Morgan fingerprint density at radius 1 is 1.09 bits per heavy atom. The second-order valence-corrected chi connectivity index (χ2v) is 8.97. The molecule has 2 amide bonds. The first kappa shape index (κ1) is 23.7. The summed E-state index contributed by atoms with van der Waals surface area (Å²) >= 11 is 0. The van der Waals surface area contributed by atoms with E-state index in [2.05, 4.69) is 5.32 Å². The fourth-order valence-corrected chi connectivity index (χ4v) is 4.81. The molecule has 4 rings (SSSR count). The number of hydrogen-bond donors (Lipinski definition) is 2. The molecule has 1 fully saturated rings. The summed E-state index contributed by atoms with van der Waals surface area (Å²) in [5, 5.41) is 11.5. The van der Waals surface area contributed by atoms with Crippen molar-refractivity contribution in [2.45, 2.75) is 37.1 Å². The molecule has 1 saturated carbocycles. The van der Waals surface area contributed by atoms with Gasteiger partial charge in [-0.25, -0.2) is 13.6 Å². The Bertz CT molecular complexity index is 1050. The lowest BCUT2D eigenvalue weighted by atomic mass is 9.81. The highest BCUT2D eigenvalue weighted by Gasteiger charge is 2.46. The highest BCUT2D eigenvalue weighted by molar-refractivity contribution is 5.89. The van der Waals surface area contributed by atoms with Crippen molar-refractivity contribution in [2.24, 2.45) is 5.92 Å². The predicted octanol–water partition coefficient (Wildman–Crippen LogP) is 3.87. The fourth-order valence-electron chi connectivity index (χ4n) is 4.81. The molecule has 2 aromatic carbocycles. The zero-order valence-electron chi connectivity index (χ0n) is 18.7. The molecule has 0 aromatic heterocycles. The number of carboxylic acids is 1. The number of alkyl halides is 2. The lowest BCUT2D eigenvalue weighted by molar-refractivity contribution is -0.145. The van der Waals surface area contributed by atoms with E-state index in [1.165, 1.54) is 11.9 Å². The summed E-state index contributed by atoms with van der Waals surface area (Å²) in [6.45, 7) is 0.0811. The van der Waals surface area contributed by atoms with E-state index in [1.807, 2.05) is 48.5 Å². The van der Waals surface area contributed by atoms with Gasteiger partial charge in [0.25, 0.3) is 0 Å². The van der Waals surface area contributed by atoms with Crippen molar-refractivity contribution in [3.63, 3.8) is 0 Å². The minimum absolute atomic E-state index is 0.0147. The molecule has 9 heteroatoms. The Labute approximate surface area is 195 Å². The normalized spacial score (nSPS) is 17.1. The van der Waals surface area contributed by atoms with E-state index in [0.717, 1.165) is 22.3 Å². The van der Waals surface area contributed by atoms with Crippen LogP contribution < -0.4 is 5.32 Å². The molecule has 0 bridgehead atoms. The second-order valence-electron chi connectivity index (χ2n) is 8.97. The first-order valence-electron chi connectivity index (χ1n) is 11.1. The van der Waals surface area contributed by atoms with Crippen LogP contribution >= 0.6 is 0 Å². The van der Waals surface area contributed by atoms with Gasteiger partial charge in [0, 0.05) is 32.4 Å². The molecule has 0 spiro atoms. The Kier molecular flexibility index (Phi) is 6.54. The van der Waals surface area contributed by atoms with Gasteiger partial charge >= 0.3 is 12.1 Å². The van der Waals surface area contributed by atoms with Gasteiger partial charge in [-0.15, -0.1) is 0 Å². The van der Waals surface area contributed by atoms with Crippen LogP contribution in [0.4, 0.5) is 13.6 Å². The van der Waals surface area contributed by atoms with E-state index in [9.17, 15) is 28.3 Å². The zero-order chi connectivity index (χ0) is 24.5. The second kappa shape index (κ2) is 9.40. The number of likely N-dealkylation sites (N-methyl/N-ethyl adjacent to an activating group) is 1. The van der Waals surface area contributed by atoms with E-state index < -0.39 is 36.4 Å². The molecule has 0 aliphatic heterocycles. The van der Waals surface area contributed by atoms with Gasteiger partial charge in [-0.1, -0.05) is 48.5 Å². The van der Waals surface area contributed by atoms with Crippen LogP contribution in [0, 0.1) is 5.92 Å². The molecular weight excluding hydrogens is 446 g/mol. The van der Waals surface area contributed by atoms with E-state index >= 15 is 0 Å². The van der Waals surface area contributed by atoms with Crippen LogP contribution in [0.5, 0.6) is 0 Å². The van der Waals surface area contributed by atoms with E-state index in [-0.39, 0.29) is 37.8 Å². The summed E-state index contributed by atoms with van der Waals surface area (Å²) in [4.78, 5) is 37.7. The molecule has 0 heterocycles. The van der Waals surface area contributed by atoms with E-state index in [0.29, 0.717) is 0 Å². The zero-order valence-corrected chi connectivity index (χ0v) is 18.7. The van der Waals surface area contributed by atoms with Gasteiger partial charge in [0.1, 0.15) is 12.6 Å². The van der Waals surface area contributed by atoms with Crippen LogP contribution in [-0.2, 0) is 14.3 Å². The molecule has 1 atom stereocenters. The molecule has 2 aliphatic rings. The first-order chi connectivity index (χ1) is 16.1. The Morgan fingerprint density at radius 2 is 1.65 bits per heavy atom. The van der Waals surface area contributed by atoms with Crippen LogP contribution in [-0.4, -0.2) is 60.1 Å². The summed E-state index contributed by atoms with van der Waals surface area (Å²) < 4.78 is 31.6. The van der Waals surface area contributed by atoms with Crippen LogP contribution in [0.1, 0.15) is 36.3 Å². The van der Waals surface area contributed by atoms with Crippen molar-refractivity contribution >= 4 is 18.0 Å². The Morgan fingerprint density at radius 3 is 2.18 bits per heavy atom. The lowest BCUT2D eigenvalue weighted by Crippen LogP contribution is -2.51. The number of halogens is 2. The maximum Gasteiger partial charge on any atom is 0.407 e. The number of rotatable bonds is 8. The third kappa shape index (κ3) is 5.03. The highest BCUT2D eigenvalue weighted by atomic mass is 19.3. The fraction of sp³-hybridized carbons (Fsp3) is 0.400. The molecule has 2 N–H and O–H groups in total. The van der Waals surface area contributed by atoms with Gasteiger partial charge in [-0.05, 0) is 28.2 Å². The number of carboxylic acid groups (broad SMARTS) is 1. The topological polar surface area (TPSA) is 95.9 Å². The number of alkyl carbamates (subject to hydrolysis) is 1. The quantitative estimate of drug-likeness (QED) is 0.608. The molecule has 34 heavy (non-hydrogen) atoms. The van der Waals surface area contributed by atoms with Crippen LogP contribution in [0.15, 0.2) is 48.5 Å². The maximum atomic E-state index is 13.1. The van der Waals surface area contributed by atoms with Crippen LogP contribution in [0.25, 0.3) is 11.1 Å². The lowest BCUT2D eigenvalue weighted by Gasteiger charge is -2.37. The third-order valence-electron chi connectivity index (χ3n) is 6.40. The van der Waals surface area contributed by atoms with Gasteiger partial charge < -0.3 is 20.1 Å². The van der Waals surface area contributed by atoms with E-state index in [4.69, 9.17) is 4.74 Å². The van der Waals surface area contributed by atoms with Crippen molar-refractivity contribution in [1.82, 2.24) is 10.2 Å². The largest absolute Gasteiger partial charge is 0.481 e. The van der Waals surface area contributed by atoms with Crippen molar-refractivity contribution in [3.8, 4) is 11.1 Å². The van der Waals surface area contributed by atoms with Gasteiger partial charge in [0.05, 0.1) is 6.42 Å². The highest BCUT2D eigenvalue weighted by Crippen LogP contribution is 2.44. The number of nitrogens with one attached hydrogen (secondary N) is 1. The average molecular weight is 472 g/mol. The first-order valence-corrected chi connectivity index (χ1v) is 11.1. The van der Waals surface area contributed by atoms with Crippen molar-refractivity contribution < 1.29 is 33.0 Å². The minimum atomic E-state index is -2.71. The van der Waals surface area contributed by atoms with Crippen LogP contribution in [0.2, 0.25) is 0 Å². The van der Waals surface area contributed by atoms with Crippen molar-refractivity contribution in [2.75, 3.05) is 20.2 Å². The van der Waals surface area contributed by atoms with Crippen molar-refractivity contribution in [1.29, 1.82) is 0 Å². The van der Waals surface area contributed by atoms with E-state index in [1.54, 1.807) is 0 Å². The van der Waals surface area contributed by atoms with Gasteiger partial charge in [-0.2, -0.15) is 0 Å². The van der Waals surface area contributed by atoms with Gasteiger partial charge in [-0.3, -0.25) is 9.59 Å². The smallest absolute Gasteiger partial charge is 0.407 e. The van der Waals surface area contributed by atoms with Crippen LogP contribution in [0.3, 0.4) is 0 Å². The summed E-state index contributed by atoms with van der Waals surface area (Å²) in [6.07, 6.45) is -2.18. The number of hydrogen-bond acceptors (Lipinski definition) is 4. The monoisotopic (exact) mass is 472 g/mol. The SMILES string of the molecule is CN(CC1CC(F)(F)C1)C(=O)C(CC(=O)O)NC(=O)OCC1c2ccccc2-c2ccccc21. The standard InChI is InChI=1S/C25H26F2N2O5/c1-29(13-15-11-25(26,27)12-15)23(32)21(10-22(30)31)28-24(33)34-14-20-18-8-4-2-6-16(18)17-7-3-5-9-19(17)20/h2-9,15,20-21H,10-14H2,1H3,(H,28,33)(H,30,31). The molecule has 0 saturated heterocycles. The number of fused-ring (bicyclic) bond motifs is 3. The number of carbonyl (C=O) groups excluding carboxylic acids is 2. The average Bonchev–Trinajstić information content (AvgIpc) is 3.09. The number of ether oxygens (including phenoxy) is 1. The molecule has 2 aromatic rings. The summed E-state index contributed by atoms with van der Waals surface area (Å²) in [6, 6.07) is 14.3. The minimum Gasteiger partial charge on any atom is -0.481 e. The molecule has 180 valence electrons. The number of nitrogens with zero attached hydrogens (tertiary/aromatic N) is 1. The molecule has 0 radical (unpaired) electrons. The molecular formula is C25H26F2N2O5. The predicted molar refractivity (Wildman–Crippen MR) is 120 cm³/mol. The third-order valence-corrected chi connectivity index (χ3v) is 6.40.